The first kappa shape index (κ1) is 22.1. The van der Waals surface area contributed by atoms with Crippen molar-refractivity contribution in [3.05, 3.63) is 42.5 Å². The highest BCUT2D eigenvalue weighted by atomic mass is 32.2. The number of piperidine rings is 1. The second kappa shape index (κ2) is 8.79. The summed E-state index contributed by atoms with van der Waals surface area (Å²) >= 11 is 0. The summed E-state index contributed by atoms with van der Waals surface area (Å²) in [6, 6.07) is 11.4. The zero-order valence-electron chi connectivity index (χ0n) is 17.8. The molecule has 10 heteroatoms. The van der Waals surface area contributed by atoms with E-state index in [2.05, 4.69) is 10.6 Å². The molecule has 2 aromatic carbocycles. The molecular weight excluding hydrogens is 434 g/mol. The summed E-state index contributed by atoms with van der Waals surface area (Å²) in [6.07, 6.45) is 0.516. The quantitative estimate of drug-likeness (QED) is 0.710. The maximum absolute atomic E-state index is 13.3. The lowest BCUT2D eigenvalue weighted by molar-refractivity contribution is -0.123. The normalized spacial score (nSPS) is 21.1. The zero-order valence-corrected chi connectivity index (χ0v) is 18.6. The highest BCUT2D eigenvalue weighted by molar-refractivity contribution is 7.89. The molecule has 2 amide bonds. The third-order valence-corrected chi connectivity index (χ3v) is 7.47. The van der Waals surface area contributed by atoms with Crippen LogP contribution in [0.1, 0.15) is 19.8 Å². The number of fused-ring (bicyclic) bond motifs is 1. The molecule has 2 unspecified atom stereocenters. The number of nitrogens with one attached hydrogen (secondary N) is 2. The Kier molecular flexibility index (Phi) is 6.07. The van der Waals surface area contributed by atoms with Gasteiger partial charge in [-0.2, -0.15) is 4.31 Å². The minimum absolute atomic E-state index is 0.0450. The van der Waals surface area contributed by atoms with Crippen LogP contribution in [-0.4, -0.2) is 50.8 Å². The van der Waals surface area contributed by atoms with E-state index in [9.17, 15) is 18.0 Å². The number of hydrogen-bond donors (Lipinski definition) is 2. The van der Waals surface area contributed by atoms with Crippen LogP contribution in [0.15, 0.2) is 47.4 Å². The van der Waals surface area contributed by atoms with Crippen molar-refractivity contribution in [2.24, 2.45) is 5.92 Å². The average Bonchev–Trinajstić information content (AvgIpc) is 2.79. The van der Waals surface area contributed by atoms with Gasteiger partial charge in [0.1, 0.15) is 11.5 Å². The molecule has 170 valence electrons. The van der Waals surface area contributed by atoms with Gasteiger partial charge in [-0.1, -0.05) is 6.07 Å². The number of methoxy groups -OCH3 is 1. The second-order valence-corrected chi connectivity index (χ2v) is 9.77. The van der Waals surface area contributed by atoms with E-state index in [4.69, 9.17) is 9.47 Å². The number of benzene rings is 2. The summed E-state index contributed by atoms with van der Waals surface area (Å²) in [5.41, 5.74) is 0.910. The largest absolute Gasteiger partial charge is 0.497 e. The molecule has 1 saturated heterocycles. The molecule has 2 aromatic rings. The molecule has 2 aliphatic rings. The van der Waals surface area contributed by atoms with Gasteiger partial charge in [0.05, 0.1) is 23.6 Å². The molecule has 2 atom stereocenters. The average molecular weight is 460 g/mol. The lowest BCUT2D eigenvalue weighted by Gasteiger charge is -2.31. The van der Waals surface area contributed by atoms with Crippen molar-refractivity contribution in [3.63, 3.8) is 0 Å². The highest BCUT2D eigenvalue weighted by Crippen LogP contribution is 2.33. The number of carbonyl (C=O) groups excluding carboxylic acids is 2. The van der Waals surface area contributed by atoms with E-state index in [1.165, 1.54) is 22.5 Å². The molecule has 0 bridgehead atoms. The fourth-order valence-corrected chi connectivity index (χ4v) is 5.37. The first-order valence-electron chi connectivity index (χ1n) is 10.3. The Morgan fingerprint density at radius 3 is 2.84 bits per heavy atom. The van der Waals surface area contributed by atoms with Gasteiger partial charge in [-0.25, -0.2) is 8.42 Å². The van der Waals surface area contributed by atoms with Gasteiger partial charge in [0.25, 0.3) is 5.91 Å². The van der Waals surface area contributed by atoms with E-state index in [1.807, 2.05) is 0 Å². The lowest BCUT2D eigenvalue weighted by Crippen LogP contribution is -2.43. The maximum Gasteiger partial charge on any atom is 0.265 e. The first-order valence-corrected chi connectivity index (χ1v) is 11.8. The van der Waals surface area contributed by atoms with Crippen LogP contribution < -0.4 is 20.1 Å². The van der Waals surface area contributed by atoms with Crippen LogP contribution in [0.5, 0.6) is 11.5 Å². The molecule has 0 aliphatic carbocycles. The van der Waals surface area contributed by atoms with Gasteiger partial charge in [-0.05, 0) is 50.1 Å². The van der Waals surface area contributed by atoms with Gasteiger partial charge < -0.3 is 20.1 Å². The van der Waals surface area contributed by atoms with Crippen LogP contribution >= 0.6 is 0 Å². The van der Waals surface area contributed by atoms with E-state index >= 15 is 0 Å². The van der Waals surface area contributed by atoms with Gasteiger partial charge >= 0.3 is 0 Å². The summed E-state index contributed by atoms with van der Waals surface area (Å²) in [5, 5.41) is 5.51. The van der Waals surface area contributed by atoms with Crippen LogP contribution in [0.25, 0.3) is 0 Å². The second-order valence-electron chi connectivity index (χ2n) is 7.83. The van der Waals surface area contributed by atoms with E-state index in [-0.39, 0.29) is 23.3 Å². The van der Waals surface area contributed by atoms with E-state index < -0.39 is 22.0 Å². The highest BCUT2D eigenvalue weighted by Gasteiger charge is 2.34. The van der Waals surface area contributed by atoms with Crippen molar-refractivity contribution < 1.29 is 27.5 Å². The fourth-order valence-electron chi connectivity index (χ4n) is 3.82. The zero-order chi connectivity index (χ0) is 22.9. The third kappa shape index (κ3) is 4.42. The molecule has 4 rings (SSSR count). The summed E-state index contributed by atoms with van der Waals surface area (Å²) in [5.74, 6) is -0.0115. The molecule has 0 spiro atoms. The Morgan fingerprint density at radius 2 is 2.06 bits per heavy atom. The molecule has 32 heavy (non-hydrogen) atoms. The van der Waals surface area contributed by atoms with Crippen molar-refractivity contribution in [2.45, 2.75) is 30.8 Å². The van der Waals surface area contributed by atoms with Crippen molar-refractivity contribution in [3.8, 4) is 11.5 Å². The minimum Gasteiger partial charge on any atom is -0.497 e. The molecule has 0 saturated carbocycles. The van der Waals surface area contributed by atoms with Crippen LogP contribution in [0, 0.1) is 5.92 Å². The SMILES string of the molecule is COc1cccc(NC(=O)C2CCCN(S(=O)(=O)c3ccc4c(c3)NC(=O)C(C)O4)C2)c1. The Labute approximate surface area is 186 Å². The topological polar surface area (TPSA) is 114 Å². The summed E-state index contributed by atoms with van der Waals surface area (Å²) in [4.78, 5) is 24.7. The predicted molar refractivity (Wildman–Crippen MR) is 118 cm³/mol. The van der Waals surface area contributed by atoms with E-state index in [0.29, 0.717) is 42.3 Å². The molecule has 0 aromatic heterocycles. The molecule has 9 nitrogen and oxygen atoms in total. The summed E-state index contributed by atoms with van der Waals surface area (Å²) in [6.45, 7) is 2.02. The number of amides is 2. The van der Waals surface area contributed by atoms with Crippen LogP contribution in [-0.2, 0) is 19.6 Å². The molecule has 0 radical (unpaired) electrons. The number of ether oxygens (including phenoxy) is 2. The fraction of sp³-hybridized carbons (Fsp3) is 0.364. The van der Waals surface area contributed by atoms with Gasteiger partial charge in [0, 0.05) is 24.8 Å². The van der Waals surface area contributed by atoms with Gasteiger partial charge in [-0.3, -0.25) is 9.59 Å². The van der Waals surface area contributed by atoms with Gasteiger partial charge in [-0.15, -0.1) is 0 Å². The Hall–Kier alpha value is -3.11. The summed E-state index contributed by atoms with van der Waals surface area (Å²) in [7, 11) is -2.30. The molecule has 2 aliphatic heterocycles. The Balaban J connectivity index is 1.49. The van der Waals surface area contributed by atoms with Crippen molar-refractivity contribution in [1.29, 1.82) is 0 Å². The maximum atomic E-state index is 13.3. The van der Waals surface area contributed by atoms with Crippen LogP contribution in [0.4, 0.5) is 11.4 Å². The molecule has 2 heterocycles. The predicted octanol–water partition coefficient (Wildman–Crippen LogP) is 2.45. The Morgan fingerprint density at radius 1 is 1.25 bits per heavy atom. The minimum atomic E-state index is -3.85. The number of nitrogens with zero attached hydrogens (tertiary/aromatic N) is 1. The third-order valence-electron chi connectivity index (χ3n) is 5.61. The van der Waals surface area contributed by atoms with Crippen LogP contribution in [0.3, 0.4) is 0 Å². The summed E-state index contributed by atoms with van der Waals surface area (Å²) < 4.78 is 38.5. The number of rotatable bonds is 5. The van der Waals surface area contributed by atoms with Gasteiger partial charge in [0.15, 0.2) is 6.10 Å². The number of anilines is 2. The smallest absolute Gasteiger partial charge is 0.265 e. The number of hydrogen-bond acceptors (Lipinski definition) is 6. The number of sulfonamides is 1. The molecule has 1 fully saturated rings. The first-order chi connectivity index (χ1) is 15.3. The molecular formula is C22H25N3O6S. The lowest BCUT2D eigenvalue weighted by atomic mass is 9.98. The van der Waals surface area contributed by atoms with E-state index in [1.54, 1.807) is 38.3 Å². The Bertz CT molecular complexity index is 1150. The molecule has 2 N–H and O–H groups in total. The standard InChI is InChI=1S/C22H25N3O6S/c1-14-21(26)24-19-12-18(8-9-20(19)31-14)32(28,29)25-10-4-5-15(13-25)22(27)23-16-6-3-7-17(11-16)30-2/h3,6-9,11-12,14-15H,4-5,10,13H2,1-2H3,(H,23,27)(H,24,26). The van der Waals surface area contributed by atoms with Gasteiger partial charge in [0.2, 0.25) is 15.9 Å². The van der Waals surface area contributed by atoms with E-state index in [0.717, 1.165) is 0 Å². The van der Waals surface area contributed by atoms with Crippen molar-refractivity contribution in [2.75, 3.05) is 30.8 Å². The van der Waals surface area contributed by atoms with Crippen LogP contribution in [0.2, 0.25) is 0 Å². The monoisotopic (exact) mass is 459 g/mol. The number of carbonyl (C=O) groups is 2. The van der Waals surface area contributed by atoms with Crippen molar-refractivity contribution in [1.82, 2.24) is 4.31 Å². The van der Waals surface area contributed by atoms with Crippen molar-refractivity contribution >= 4 is 33.2 Å².